The number of hydrogen-bond acceptors (Lipinski definition) is 4. The van der Waals surface area contributed by atoms with Crippen molar-refractivity contribution in [1.82, 2.24) is 4.98 Å². The van der Waals surface area contributed by atoms with Gasteiger partial charge in [0.1, 0.15) is 0 Å². The molecule has 3 nitrogen and oxygen atoms in total. The number of rotatable bonds is 3. The number of thioether (sulfide) groups is 1. The average molecular weight is 334 g/mol. The molecule has 0 aliphatic carbocycles. The van der Waals surface area contributed by atoms with E-state index in [4.69, 9.17) is 0 Å². The van der Waals surface area contributed by atoms with Crippen molar-refractivity contribution in [2.45, 2.75) is 20.4 Å². The van der Waals surface area contributed by atoms with Gasteiger partial charge >= 0.3 is 0 Å². The highest BCUT2D eigenvalue weighted by Gasteiger charge is 2.19. The SMILES string of the molecule is Cc1ccc(N(Cc2cccnc2)C2=NCCS2)c(C)c1.Cl. The highest BCUT2D eigenvalue weighted by molar-refractivity contribution is 8.14. The Morgan fingerprint density at radius 3 is 2.73 bits per heavy atom. The van der Waals surface area contributed by atoms with E-state index < -0.39 is 0 Å². The van der Waals surface area contributed by atoms with Gasteiger partial charge in [0, 0.05) is 23.8 Å². The number of aryl methyl sites for hydroxylation is 2. The predicted octanol–water partition coefficient (Wildman–Crippen LogP) is 4.23. The van der Waals surface area contributed by atoms with Crippen molar-refractivity contribution in [2.24, 2.45) is 4.99 Å². The fourth-order valence-electron chi connectivity index (χ4n) is 2.53. The summed E-state index contributed by atoms with van der Waals surface area (Å²) in [5, 5.41) is 1.12. The Labute approximate surface area is 142 Å². The Bertz CT molecular complexity index is 658. The summed E-state index contributed by atoms with van der Waals surface area (Å²) in [4.78, 5) is 11.2. The summed E-state index contributed by atoms with van der Waals surface area (Å²) in [6.07, 6.45) is 3.74. The van der Waals surface area contributed by atoms with Crippen molar-refractivity contribution >= 4 is 35.0 Å². The van der Waals surface area contributed by atoms with Crippen molar-refractivity contribution in [3.63, 3.8) is 0 Å². The van der Waals surface area contributed by atoms with Crippen LogP contribution in [0, 0.1) is 13.8 Å². The Kier molecular flexibility index (Phi) is 5.86. The maximum Gasteiger partial charge on any atom is 0.164 e. The second kappa shape index (κ2) is 7.65. The van der Waals surface area contributed by atoms with Crippen LogP contribution in [0.1, 0.15) is 16.7 Å². The van der Waals surface area contributed by atoms with Gasteiger partial charge in [-0.15, -0.1) is 12.4 Å². The highest BCUT2D eigenvalue weighted by Crippen LogP contribution is 2.28. The average Bonchev–Trinajstić information content (AvgIpc) is 3.00. The largest absolute Gasteiger partial charge is 0.316 e. The first-order chi connectivity index (χ1) is 10.2. The fourth-order valence-corrected chi connectivity index (χ4v) is 3.39. The zero-order chi connectivity index (χ0) is 14.7. The van der Waals surface area contributed by atoms with Gasteiger partial charge in [-0.3, -0.25) is 9.98 Å². The molecule has 5 heteroatoms. The summed E-state index contributed by atoms with van der Waals surface area (Å²) in [6, 6.07) is 10.7. The van der Waals surface area contributed by atoms with Crippen molar-refractivity contribution in [3.8, 4) is 0 Å². The lowest BCUT2D eigenvalue weighted by Gasteiger charge is -2.26. The third-order valence-electron chi connectivity index (χ3n) is 3.51. The third-order valence-corrected chi connectivity index (χ3v) is 4.50. The molecule has 2 heterocycles. The lowest BCUT2D eigenvalue weighted by atomic mass is 10.1. The van der Waals surface area contributed by atoms with Gasteiger partial charge in [0.2, 0.25) is 0 Å². The van der Waals surface area contributed by atoms with Crippen molar-refractivity contribution < 1.29 is 0 Å². The third kappa shape index (κ3) is 3.81. The number of anilines is 1. The molecule has 2 aromatic rings. The number of amidine groups is 1. The monoisotopic (exact) mass is 333 g/mol. The van der Waals surface area contributed by atoms with E-state index in [2.05, 4.69) is 53.0 Å². The summed E-state index contributed by atoms with van der Waals surface area (Å²) in [5.74, 6) is 1.07. The van der Waals surface area contributed by atoms with Gasteiger partial charge in [0.15, 0.2) is 5.17 Å². The molecule has 0 fully saturated rings. The van der Waals surface area contributed by atoms with Crippen LogP contribution in [0.15, 0.2) is 47.7 Å². The zero-order valence-corrected chi connectivity index (χ0v) is 14.5. The second-order valence-electron chi connectivity index (χ2n) is 5.25. The van der Waals surface area contributed by atoms with E-state index >= 15 is 0 Å². The van der Waals surface area contributed by atoms with Crippen LogP contribution in [0.25, 0.3) is 0 Å². The molecule has 0 amide bonds. The number of pyridine rings is 1. The van der Waals surface area contributed by atoms with Gasteiger partial charge in [-0.05, 0) is 37.1 Å². The van der Waals surface area contributed by atoms with Crippen LogP contribution in [0.3, 0.4) is 0 Å². The maximum atomic E-state index is 4.66. The molecular formula is C17H20ClN3S. The zero-order valence-electron chi connectivity index (χ0n) is 12.8. The molecule has 0 saturated carbocycles. The molecule has 1 aliphatic heterocycles. The Balaban J connectivity index is 0.00000176. The van der Waals surface area contributed by atoms with Gasteiger partial charge in [0.05, 0.1) is 13.1 Å². The summed E-state index contributed by atoms with van der Waals surface area (Å²) in [6.45, 7) is 6.01. The number of aromatic nitrogens is 1. The molecule has 0 unspecified atom stereocenters. The van der Waals surface area contributed by atoms with Gasteiger partial charge in [-0.25, -0.2) is 0 Å². The maximum absolute atomic E-state index is 4.66. The number of nitrogens with zero attached hydrogens (tertiary/aromatic N) is 3. The molecular weight excluding hydrogens is 314 g/mol. The number of halogens is 1. The lowest BCUT2D eigenvalue weighted by molar-refractivity contribution is 0.987. The van der Waals surface area contributed by atoms with E-state index in [0.29, 0.717) is 0 Å². The molecule has 22 heavy (non-hydrogen) atoms. The predicted molar refractivity (Wildman–Crippen MR) is 98.3 cm³/mol. The summed E-state index contributed by atoms with van der Waals surface area (Å²) < 4.78 is 0. The first kappa shape index (κ1) is 16.8. The molecule has 0 saturated heterocycles. The molecule has 3 rings (SSSR count). The van der Waals surface area contributed by atoms with Gasteiger partial charge in [-0.2, -0.15) is 0 Å². The first-order valence-electron chi connectivity index (χ1n) is 7.15. The number of aliphatic imine (C=N–C) groups is 1. The molecule has 0 bridgehead atoms. The summed E-state index contributed by atoms with van der Waals surface area (Å²) in [5.41, 5.74) is 5.01. The van der Waals surface area contributed by atoms with Crippen molar-refractivity contribution in [3.05, 3.63) is 59.4 Å². The van der Waals surface area contributed by atoms with E-state index in [1.54, 1.807) is 0 Å². The molecule has 0 N–H and O–H groups in total. The topological polar surface area (TPSA) is 28.5 Å². The van der Waals surface area contributed by atoms with Crippen molar-refractivity contribution in [1.29, 1.82) is 0 Å². The minimum absolute atomic E-state index is 0. The van der Waals surface area contributed by atoms with Crippen LogP contribution in [0.2, 0.25) is 0 Å². The van der Waals surface area contributed by atoms with E-state index in [1.165, 1.54) is 22.4 Å². The fraction of sp³-hybridized carbons (Fsp3) is 0.294. The van der Waals surface area contributed by atoms with Crippen LogP contribution >= 0.6 is 24.2 Å². The van der Waals surface area contributed by atoms with Crippen LogP contribution in [-0.2, 0) is 6.54 Å². The number of benzene rings is 1. The van der Waals surface area contributed by atoms with Gasteiger partial charge in [-0.1, -0.05) is 35.5 Å². The Morgan fingerprint density at radius 1 is 1.23 bits per heavy atom. The minimum atomic E-state index is 0. The molecule has 0 spiro atoms. The number of hydrogen-bond donors (Lipinski definition) is 0. The van der Waals surface area contributed by atoms with Crippen molar-refractivity contribution in [2.75, 3.05) is 17.2 Å². The molecule has 1 aromatic carbocycles. The van der Waals surface area contributed by atoms with Crippen LogP contribution in [0.5, 0.6) is 0 Å². The van der Waals surface area contributed by atoms with E-state index in [1.807, 2.05) is 30.2 Å². The van der Waals surface area contributed by atoms with Crippen LogP contribution < -0.4 is 4.90 Å². The standard InChI is InChI=1S/C17H19N3S.ClH/c1-13-5-6-16(14(2)10-13)20(17-19-8-9-21-17)12-15-4-3-7-18-11-15;/h3-7,10-11H,8-9,12H2,1-2H3;1H. The Hall–Kier alpha value is -1.52. The summed E-state index contributed by atoms with van der Waals surface area (Å²) >= 11 is 1.83. The molecule has 0 atom stereocenters. The quantitative estimate of drug-likeness (QED) is 0.841. The molecule has 1 aromatic heterocycles. The van der Waals surface area contributed by atoms with Gasteiger partial charge in [0.25, 0.3) is 0 Å². The van der Waals surface area contributed by atoms with E-state index in [9.17, 15) is 0 Å². The highest BCUT2D eigenvalue weighted by atomic mass is 35.5. The smallest absolute Gasteiger partial charge is 0.164 e. The van der Waals surface area contributed by atoms with Crippen LogP contribution in [0.4, 0.5) is 5.69 Å². The molecule has 0 radical (unpaired) electrons. The molecule has 116 valence electrons. The lowest BCUT2D eigenvalue weighted by Crippen LogP contribution is -2.27. The minimum Gasteiger partial charge on any atom is -0.316 e. The van der Waals surface area contributed by atoms with Crippen LogP contribution in [-0.4, -0.2) is 22.4 Å². The van der Waals surface area contributed by atoms with Gasteiger partial charge < -0.3 is 4.90 Å². The normalized spacial score (nSPS) is 13.5. The Morgan fingerprint density at radius 2 is 2.09 bits per heavy atom. The van der Waals surface area contributed by atoms with E-state index in [0.717, 1.165) is 24.0 Å². The molecule has 1 aliphatic rings. The van der Waals surface area contributed by atoms with E-state index in [-0.39, 0.29) is 12.4 Å². The second-order valence-corrected chi connectivity index (χ2v) is 6.31. The summed E-state index contributed by atoms with van der Waals surface area (Å²) in [7, 11) is 0. The first-order valence-corrected chi connectivity index (χ1v) is 8.13.